The summed E-state index contributed by atoms with van der Waals surface area (Å²) < 4.78 is 0. The third-order valence-electron chi connectivity index (χ3n) is 1.69. The molecule has 1 rings (SSSR count). The first-order chi connectivity index (χ1) is 6.65. The quantitative estimate of drug-likeness (QED) is 0.488. The van der Waals surface area contributed by atoms with Crippen LogP contribution >= 0.6 is 11.3 Å². The van der Waals surface area contributed by atoms with Crippen LogP contribution in [0.1, 0.15) is 4.88 Å². The van der Waals surface area contributed by atoms with Gasteiger partial charge in [-0.15, -0.1) is 11.3 Å². The SMILES string of the molecule is CN=C(N)N(Cc1cccs1)C(=N)N. The van der Waals surface area contributed by atoms with E-state index in [1.165, 1.54) is 4.90 Å². The molecule has 0 aromatic carbocycles. The summed E-state index contributed by atoms with van der Waals surface area (Å²) in [6.45, 7) is 0.496. The Kier molecular flexibility index (Phi) is 3.47. The first kappa shape index (κ1) is 10.5. The first-order valence-electron chi connectivity index (χ1n) is 4.01. The van der Waals surface area contributed by atoms with Crippen LogP contribution in [0, 0.1) is 5.41 Å². The third kappa shape index (κ3) is 2.46. The summed E-state index contributed by atoms with van der Waals surface area (Å²) in [5.41, 5.74) is 11.0. The van der Waals surface area contributed by atoms with E-state index in [-0.39, 0.29) is 11.9 Å². The Bertz CT molecular complexity index is 330. The summed E-state index contributed by atoms with van der Waals surface area (Å²) in [6, 6.07) is 3.90. The fraction of sp³-hybridized carbons (Fsp3) is 0.250. The minimum Gasteiger partial charge on any atom is -0.370 e. The predicted octanol–water partition coefficient (Wildman–Crippen LogP) is 0.388. The molecule has 5 nitrogen and oxygen atoms in total. The van der Waals surface area contributed by atoms with Crippen molar-refractivity contribution in [2.24, 2.45) is 16.5 Å². The Morgan fingerprint density at radius 1 is 1.64 bits per heavy atom. The lowest BCUT2D eigenvalue weighted by molar-refractivity contribution is 0.591. The second-order valence-electron chi connectivity index (χ2n) is 2.63. The second kappa shape index (κ2) is 4.61. The van der Waals surface area contributed by atoms with Crippen molar-refractivity contribution in [1.82, 2.24) is 4.90 Å². The van der Waals surface area contributed by atoms with Gasteiger partial charge in [0.1, 0.15) is 0 Å². The molecule has 6 heteroatoms. The lowest BCUT2D eigenvalue weighted by Crippen LogP contribution is -2.44. The third-order valence-corrected chi connectivity index (χ3v) is 2.55. The monoisotopic (exact) mass is 211 g/mol. The number of rotatable bonds is 2. The average Bonchev–Trinajstić information content (AvgIpc) is 2.65. The smallest absolute Gasteiger partial charge is 0.198 e. The highest BCUT2D eigenvalue weighted by molar-refractivity contribution is 7.09. The fourth-order valence-electron chi connectivity index (χ4n) is 0.969. The van der Waals surface area contributed by atoms with E-state index < -0.39 is 0 Å². The van der Waals surface area contributed by atoms with Crippen LogP contribution in [0.5, 0.6) is 0 Å². The van der Waals surface area contributed by atoms with Crippen LogP contribution in [0.25, 0.3) is 0 Å². The molecule has 14 heavy (non-hydrogen) atoms. The molecule has 0 unspecified atom stereocenters. The van der Waals surface area contributed by atoms with Crippen molar-refractivity contribution in [1.29, 1.82) is 5.41 Å². The van der Waals surface area contributed by atoms with Crippen LogP contribution in [0.3, 0.4) is 0 Å². The number of hydrogen-bond donors (Lipinski definition) is 3. The van der Waals surface area contributed by atoms with E-state index in [0.29, 0.717) is 6.54 Å². The van der Waals surface area contributed by atoms with Gasteiger partial charge in [-0.25, -0.2) is 0 Å². The van der Waals surface area contributed by atoms with E-state index >= 15 is 0 Å². The van der Waals surface area contributed by atoms with Crippen molar-refractivity contribution in [2.75, 3.05) is 7.05 Å². The highest BCUT2D eigenvalue weighted by Crippen LogP contribution is 2.11. The van der Waals surface area contributed by atoms with Crippen molar-refractivity contribution in [3.63, 3.8) is 0 Å². The minimum absolute atomic E-state index is 0.0958. The highest BCUT2D eigenvalue weighted by atomic mass is 32.1. The number of guanidine groups is 2. The van der Waals surface area contributed by atoms with Gasteiger partial charge in [-0.1, -0.05) is 6.07 Å². The van der Waals surface area contributed by atoms with Gasteiger partial charge in [-0.3, -0.25) is 15.3 Å². The van der Waals surface area contributed by atoms with E-state index in [0.717, 1.165) is 4.88 Å². The largest absolute Gasteiger partial charge is 0.370 e. The van der Waals surface area contributed by atoms with Gasteiger partial charge in [-0.05, 0) is 11.4 Å². The van der Waals surface area contributed by atoms with Crippen molar-refractivity contribution in [3.05, 3.63) is 22.4 Å². The zero-order chi connectivity index (χ0) is 10.6. The molecule has 0 radical (unpaired) electrons. The normalized spacial score (nSPS) is 11.4. The molecule has 5 N–H and O–H groups in total. The van der Waals surface area contributed by atoms with E-state index in [2.05, 4.69) is 4.99 Å². The van der Waals surface area contributed by atoms with Crippen LogP contribution in [0.4, 0.5) is 0 Å². The van der Waals surface area contributed by atoms with E-state index in [1.807, 2.05) is 17.5 Å². The van der Waals surface area contributed by atoms with Gasteiger partial charge in [0.25, 0.3) is 0 Å². The summed E-state index contributed by atoms with van der Waals surface area (Å²) in [4.78, 5) is 6.33. The zero-order valence-corrected chi connectivity index (χ0v) is 8.71. The second-order valence-corrected chi connectivity index (χ2v) is 3.66. The van der Waals surface area contributed by atoms with Crippen molar-refractivity contribution < 1.29 is 0 Å². The molecule has 0 aliphatic heterocycles. The molecular weight excluding hydrogens is 198 g/mol. The molecule has 1 heterocycles. The number of nitrogens with one attached hydrogen (secondary N) is 1. The van der Waals surface area contributed by atoms with E-state index in [9.17, 15) is 0 Å². The Balaban J connectivity index is 2.76. The standard InChI is InChI=1S/C8H13N5S/c1-12-8(11)13(7(9)10)5-6-3-2-4-14-6/h2-4H,5H2,1H3,(H3,9,10)(H2,11,12). The van der Waals surface area contributed by atoms with Crippen LogP contribution in [0.15, 0.2) is 22.5 Å². The predicted molar refractivity (Wildman–Crippen MR) is 59.3 cm³/mol. The van der Waals surface area contributed by atoms with Gasteiger partial charge in [0.2, 0.25) is 0 Å². The van der Waals surface area contributed by atoms with Gasteiger partial charge < -0.3 is 11.5 Å². The summed E-state index contributed by atoms with van der Waals surface area (Å²) >= 11 is 1.59. The summed E-state index contributed by atoms with van der Waals surface area (Å²) in [6.07, 6.45) is 0. The van der Waals surface area contributed by atoms with Crippen LogP contribution in [-0.4, -0.2) is 23.9 Å². The summed E-state index contributed by atoms with van der Waals surface area (Å²) in [5, 5.41) is 9.30. The molecule has 0 amide bonds. The van der Waals surface area contributed by atoms with Crippen molar-refractivity contribution in [2.45, 2.75) is 6.54 Å². The van der Waals surface area contributed by atoms with E-state index in [1.54, 1.807) is 18.4 Å². The molecule has 0 fully saturated rings. The van der Waals surface area contributed by atoms with Gasteiger partial charge in [-0.2, -0.15) is 0 Å². The molecule has 0 spiro atoms. The fourth-order valence-corrected chi connectivity index (χ4v) is 1.66. The molecule has 76 valence electrons. The highest BCUT2D eigenvalue weighted by Gasteiger charge is 2.11. The lowest BCUT2D eigenvalue weighted by atomic mass is 10.4. The van der Waals surface area contributed by atoms with Gasteiger partial charge >= 0.3 is 0 Å². The maximum Gasteiger partial charge on any atom is 0.198 e. The average molecular weight is 211 g/mol. The molecule has 0 saturated carbocycles. The van der Waals surface area contributed by atoms with Crippen LogP contribution < -0.4 is 11.5 Å². The summed E-state index contributed by atoms with van der Waals surface area (Å²) in [5.74, 6) is 0.160. The Labute approximate surface area is 86.6 Å². The number of aliphatic imine (C=N–C) groups is 1. The van der Waals surface area contributed by atoms with Gasteiger partial charge in [0.15, 0.2) is 11.9 Å². The van der Waals surface area contributed by atoms with Crippen LogP contribution in [-0.2, 0) is 6.54 Å². The van der Waals surface area contributed by atoms with Crippen molar-refractivity contribution in [3.8, 4) is 0 Å². The molecule has 0 bridgehead atoms. The number of nitrogens with two attached hydrogens (primary N) is 2. The first-order valence-corrected chi connectivity index (χ1v) is 4.89. The van der Waals surface area contributed by atoms with Crippen LogP contribution in [0.2, 0.25) is 0 Å². The number of nitrogens with zero attached hydrogens (tertiary/aromatic N) is 2. The molecule has 0 saturated heterocycles. The van der Waals surface area contributed by atoms with Gasteiger partial charge in [0.05, 0.1) is 6.54 Å². The number of hydrogen-bond acceptors (Lipinski definition) is 3. The maximum atomic E-state index is 7.34. The topological polar surface area (TPSA) is 91.5 Å². The molecular formula is C8H13N5S. The molecule has 0 aliphatic carbocycles. The molecule has 0 atom stereocenters. The Hall–Kier alpha value is -1.56. The maximum absolute atomic E-state index is 7.34. The Morgan fingerprint density at radius 2 is 2.36 bits per heavy atom. The Morgan fingerprint density at radius 3 is 2.79 bits per heavy atom. The molecule has 1 aromatic rings. The lowest BCUT2D eigenvalue weighted by Gasteiger charge is -2.20. The van der Waals surface area contributed by atoms with Crippen molar-refractivity contribution >= 4 is 23.3 Å². The molecule has 1 aromatic heterocycles. The van der Waals surface area contributed by atoms with E-state index in [4.69, 9.17) is 16.9 Å². The molecule has 0 aliphatic rings. The zero-order valence-electron chi connectivity index (χ0n) is 7.90. The summed E-state index contributed by atoms with van der Waals surface area (Å²) in [7, 11) is 1.57. The number of thiophene rings is 1. The van der Waals surface area contributed by atoms with Gasteiger partial charge in [0, 0.05) is 11.9 Å². The minimum atomic E-state index is -0.0958.